The Bertz CT molecular complexity index is 585. The minimum Gasteiger partial charge on any atom is -0.493 e. The first-order chi connectivity index (χ1) is 10.2. The van der Waals surface area contributed by atoms with Gasteiger partial charge in [0.15, 0.2) is 11.5 Å². The van der Waals surface area contributed by atoms with Crippen molar-refractivity contribution in [2.45, 2.75) is 26.8 Å². The van der Waals surface area contributed by atoms with Gasteiger partial charge in [-0.3, -0.25) is 0 Å². The van der Waals surface area contributed by atoms with Gasteiger partial charge in [0.25, 0.3) is 0 Å². The van der Waals surface area contributed by atoms with Crippen LogP contribution >= 0.6 is 0 Å². The number of rotatable bonds is 7. The van der Waals surface area contributed by atoms with Crippen molar-refractivity contribution < 1.29 is 9.47 Å². The fourth-order valence-corrected chi connectivity index (χ4v) is 2.03. The highest BCUT2D eigenvalue weighted by Crippen LogP contribution is 2.30. The average molecular weight is 286 g/mol. The molecular weight excluding hydrogens is 264 g/mol. The zero-order valence-electron chi connectivity index (χ0n) is 12.8. The van der Waals surface area contributed by atoms with Gasteiger partial charge in [-0.05, 0) is 37.6 Å². The summed E-state index contributed by atoms with van der Waals surface area (Å²) in [7, 11) is 1.63. The summed E-state index contributed by atoms with van der Waals surface area (Å²) in [6.45, 7) is 6.00. The van der Waals surface area contributed by atoms with Crippen molar-refractivity contribution in [2.24, 2.45) is 0 Å². The average Bonchev–Trinajstić information content (AvgIpc) is 2.50. The molecule has 0 fully saturated rings. The number of aromatic nitrogens is 1. The number of benzene rings is 1. The molecule has 0 aliphatic carbocycles. The molecule has 2 aromatic rings. The molecule has 4 nitrogen and oxygen atoms in total. The molecule has 0 radical (unpaired) electrons. The van der Waals surface area contributed by atoms with Gasteiger partial charge in [-0.25, -0.2) is 4.98 Å². The summed E-state index contributed by atoms with van der Waals surface area (Å²) in [6, 6.07) is 11.5. The van der Waals surface area contributed by atoms with Gasteiger partial charge in [-0.2, -0.15) is 0 Å². The summed E-state index contributed by atoms with van der Waals surface area (Å²) in [6.07, 6.45) is 1.13. The molecular formula is C17H22N2O2. The number of ether oxygens (including phenoxy) is 2. The smallest absolute Gasteiger partial charge is 0.219 e. The van der Waals surface area contributed by atoms with E-state index in [0.29, 0.717) is 17.4 Å². The van der Waals surface area contributed by atoms with Crippen LogP contribution in [0.1, 0.15) is 24.6 Å². The van der Waals surface area contributed by atoms with Gasteiger partial charge in [0.1, 0.15) is 0 Å². The number of aryl methyl sites for hydroxylation is 1. The van der Waals surface area contributed by atoms with E-state index < -0.39 is 0 Å². The van der Waals surface area contributed by atoms with Crippen LogP contribution in [0.3, 0.4) is 0 Å². The van der Waals surface area contributed by atoms with Crippen LogP contribution in [-0.2, 0) is 6.54 Å². The lowest BCUT2D eigenvalue weighted by Crippen LogP contribution is -2.15. The van der Waals surface area contributed by atoms with Crippen molar-refractivity contribution in [2.75, 3.05) is 13.7 Å². The molecule has 0 amide bonds. The molecule has 0 spiro atoms. The largest absolute Gasteiger partial charge is 0.493 e. The molecule has 2 rings (SSSR count). The van der Waals surface area contributed by atoms with Crippen LogP contribution in [0.15, 0.2) is 36.4 Å². The van der Waals surface area contributed by atoms with Crippen molar-refractivity contribution in [3.8, 4) is 17.4 Å². The predicted octanol–water partition coefficient (Wildman–Crippen LogP) is 3.69. The lowest BCUT2D eigenvalue weighted by atomic mass is 10.2. The minimum absolute atomic E-state index is 0.580. The molecule has 1 aromatic carbocycles. The lowest BCUT2D eigenvalue weighted by Gasteiger charge is -2.11. The summed E-state index contributed by atoms with van der Waals surface area (Å²) < 4.78 is 11.1. The fraction of sp³-hybridized carbons (Fsp3) is 0.353. The zero-order chi connectivity index (χ0) is 15.1. The van der Waals surface area contributed by atoms with Crippen molar-refractivity contribution in [1.29, 1.82) is 0 Å². The van der Waals surface area contributed by atoms with E-state index in [0.717, 1.165) is 25.2 Å². The van der Waals surface area contributed by atoms with E-state index in [1.54, 1.807) is 7.11 Å². The molecule has 112 valence electrons. The van der Waals surface area contributed by atoms with Crippen molar-refractivity contribution in [3.63, 3.8) is 0 Å². The first-order valence-electron chi connectivity index (χ1n) is 7.22. The molecule has 0 atom stereocenters. The van der Waals surface area contributed by atoms with E-state index in [2.05, 4.69) is 23.3 Å². The highest BCUT2D eigenvalue weighted by atomic mass is 16.5. The van der Waals surface area contributed by atoms with Crippen molar-refractivity contribution in [1.82, 2.24) is 10.3 Å². The van der Waals surface area contributed by atoms with Gasteiger partial charge in [-0.15, -0.1) is 0 Å². The number of hydrogen-bond acceptors (Lipinski definition) is 4. The minimum atomic E-state index is 0.580. The number of methoxy groups -OCH3 is 1. The van der Waals surface area contributed by atoms with Crippen molar-refractivity contribution >= 4 is 0 Å². The molecule has 0 aliphatic rings. The third-order valence-corrected chi connectivity index (χ3v) is 3.20. The molecule has 0 saturated carbocycles. The standard InChI is InChI=1S/C17H22N2O2/c1-4-11-18-12-14-9-10-17(19-13(14)2)21-16-8-6-5-7-15(16)20-3/h5-10,18H,4,11-12H2,1-3H3. The summed E-state index contributed by atoms with van der Waals surface area (Å²) >= 11 is 0. The van der Waals surface area contributed by atoms with Crippen LogP contribution in [0, 0.1) is 6.92 Å². The summed E-state index contributed by atoms with van der Waals surface area (Å²) in [5, 5.41) is 3.38. The summed E-state index contributed by atoms with van der Waals surface area (Å²) in [4.78, 5) is 4.50. The number of hydrogen-bond donors (Lipinski definition) is 1. The molecule has 0 bridgehead atoms. The van der Waals surface area contributed by atoms with E-state index in [1.807, 2.05) is 37.3 Å². The molecule has 4 heteroatoms. The topological polar surface area (TPSA) is 43.4 Å². The Hall–Kier alpha value is -2.07. The lowest BCUT2D eigenvalue weighted by molar-refractivity contribution is 0.374. The molecule has 1 N–H and O–H groups in total. The quantitative estimate of drug-likeness (QED) is 0.788. The maximum Gasteiger partial charge on any atom is 0.219 e. The van der Waals surface area contributed by atoms with E-state index in [-0.39, 0.29) is 0 Å². The van der Waals surface area contributed by atoms with E-state index in [9.17, 15) is 0 Å². The summed E-state index contributed by atoms with van der Waals surface area (Å²) in [5.74, 6) is 1.95. The van der Waals surface area contributed by atoms with Crippen LogP contribution in [0.25, 0.3) is 0 Å². The number of nitrogens with one attached hydrogen (secondary N) is 1. The van der Waals surface area contributed by atoms with E-state index >= 15 is 0 Å². The Morgan fingerprint density at radius 2 is 1.86 bits per heavy atom. The number of para-hydroxylation sites is 2. The number of pyridine rings is 1. The first-order valence-corrected chi connectivity index (χ1v) is 7.22. The van der Waals surface area contributed by atoms with Crippen LogP contribution in [0.5, 0.6) is 17.4 Å². The van der Waals surface area contributed by atoms with Crippen molar-refractivity contribution in [3.05, 3.63) is 47.7 Å². The Balaban J connectivity index is 2.09. The van der Waals surface area contributed by atoms with Gasteiger partial charge in [0.05, 0.1) is 7.11 Å². The third-order valence-electron chi connectivity index (χ3n) is 3.20. The van der Waals surface area contributed by atoms with Crippen LogP contribution in [-0.4, -0.2) is 18.6 Å². The maximum absolute atomic E-state index is 5.81. The molecule has 0 unspecified atom stereocenters. The van der Waals surface area contributed by atoms with Gasteiger partial charge in [0.2, 0.25) is 5.88 Å². The monoisotopic (exact) mass is 286 g/mol. The van der Waals surface area contributed by atoms with E-state index in [1.165, 1.54) is 5.56 Å². The first kappa shape index (κ1) is 15.3. The normalized spacial score (nSPS) is 10.4. The number of nitrogens with zero attached hydrogens (tertiary/aromatic N) is 1. The maximum atomic E-state index is 5.81. The second-order valence-corrected chi connectivity index (χ2v) is 4.82. The van der Waals surface area contributed by atoms with E-state index in [4.69, 9.17) is 9.47 Å². The van der Waals surface area contributed by atoms with Gasteiger partial charge < -0.3 is 14.8 Å². The Kier molecular flexibility index (Phi) is 5.58. The molecule has 21 heavy (non-hydrogen) atoms. The second-order valence-electron chi connectivity index (χ2n) is 4.82. The van der Waals surface area contributed by atoms with Gasteiger partial charge in [0, 0.05) is 18.3 Å². The highest BCUT2D eigenvalue weighted by Gasteiger charge is 2.07. The van der Waals surface area contributed by atoms with Crippen LogP contribution in [0.4, 0.5) is 0 Å². The Morgan fingerprint density at radius 1 is 1.10 bits per heavy atom. The van der Waals surface area contributed by atoms with Crippen LogP contribution < -0.4 is 14.8 Å². The molecule has 1 aromatic heterocycles. The SMILES string of the molecule is CCCNCc1ccc(Oc2ccccc2OC)nc1C. The third kappa shape index (κ3) is 4.20. The van der Waals surface area contributed by atoms with Gasteiger partial charge >= 0.3 is 0 Å². The highest BCUT2D eigenvalue weighted by molar-refractivity contribution is 5.41. The predicted molar refractivity (Wildman–Crippen MR) is 84.0 cm³/mol. The molecule has 1 heterocycles. The Morgan fingerprint density at radius 3 is 2.52 bits per heavy atom. The zero-order valence-corrected chi connectivity index (χ0v) is 12.8. The molecule has 0 saturated heterocycles. The second kappa shape index (κ2) is 7.64. The summed E-state index contributed by atoms with van der Waals surface area (Å²) in [5.41, 5.74) is 2.17. The molecule has 0 aliphatic heterocycles. The van der Waals surface area contributed by atoms with Crippen LogP contribution in [0.2, 0.25) is 0 Å². The van der Waals surface area contributed by atoms with Gasteiger partial charge in [-0.1, -0.05) is 25.1 Å². The Labute approximate surface area is 126 Å². The fourth-order valence-electron chi connectivity index (χ4n) is 2.03.